The summed E-state index contributed by atoms with van der Waals surface area (Å²) in [5.74, 6) is 0. The van der Waals surface area contributed by atoms with Gasteiger partial charge in [0, 0.05) is 22.1 Å². The van der Waals surface area contributed by atoms with Gasteiger partial charge in [-0.3, -0.25) is 0 Å². The fourth-order valence-electron chi connectivity index (χ4n) is 7.13. The smallest absolute Gasteiger partial charge is 0.0543 e. The van der Waals surface area contributed by atoms with Crippen molar-refractivity contribution < 1.29 is 0 Å². The molecule has 0 aromatic heterocycles. The van der Waals surface area contributed by atoms with Crippen molar-refractivity contribution in [3.63, 3.8) is 0 Å². The first kappa shape index (κ1) is 26.2. The largest absolute Gasteiger partial charge is 0.309 e. The van der Waals surface area contributed by atoms with Crippen molar-refractivity contribution in [2.24, 2.45) is 0 Å². The maximum Gasteiger partial charge on any atom is 0.0543 e. The average molecular weight is 564 g/mol. The molecule has 0 amide bonds. The van der Waals surface area contributed by atoms with Crippen molar-refractivity contribution in [2.45, 2.75) is 19.3 Å². The molecule has 8 rings (SSSR count). The van der Waals surface area contributed by atoms with Gasteiger partial charge in [-0.1, -0.05) is 153 Å². The van der Waals surface area contributed by atoms with Crippen LogP contribution in [0.15, 0.2) is 164 Å². The fourth-order valence-corrected chi connectivity index (χ4v) is 7.13. The number of rotatable bonds is 5. The lowest BCUT2D eigenvalue weighted by molar-refractivity contribution is 0.660. The van der Waals surface area contributed by atoms with Crippen molar-refractivity contribution in [2.75, 3.05) is 4.90 Å². The van der Waals surface area contributed by atoms with Gasteiger partial charge in [-0.15, -0.1) is 0 Å². The molecule has 0 saturated heterocycles. The van der Waals surface area contributed by atoms with Crippen LogP contribution in [0.3, 0.4) is 0 Å². The van der Waals surface area contributed by atoms with Crippen LogP contribution in [0.1, 0.15) is 25.0 Å². The molecular formula is C43H33N. The van der Waals surface area contributed by atoms with Crippen LogP contribution in [0, 0.1) is 0 Å². The summed E-state index contributed by atoms with van der Waals surface area (Å²) in [6, 6.07) is 59.5. The lowest BCUT2D eigenvalue weighted by Crippen LogP contribution is -2.16. The zero-order valence-corrected chi connectivity index (χ0v) is 25.0. The predicted octanol–water partition coefficient (Wildman–Crippen LogP) is 11.9. The Bertz CT molecular complexity index is 2130. The van der Waals surface area contributed by atoms with Crippen molar-refractivity contribution >= 4 is 27.8 Å². The standard InChI is InChI=1S/C43H33N/c1-43(2)38-22-11-10-21-37(38)42-39(43)23-13-25-41(42)44(40-24-12-17-31-16-6-7-20-36(31)40)33-28-26-32(27-29-33)35-19-9-8-18-34(35)30-14-4-3-5-15-30/h3-29H,1-2H3. The molecule has 0 atom stereocenters. The molecule has 7 aromatic carbocycles. The van der Waals surface area contributed by atoms with Crippen LogP contribution >= 0.6 is 0 Å². The molecule has 0 heterocycles. The molecule has 1 nitrogen and oxygen atoms in total. The molecular weight excluding hydrogens is 530 g/mol. The monoisotopic (exact) mass is 563 g/mol. The Kier molecular flexibility index (Phi) is 6.20. The van der Waals surface area contributed by atoms with Crippen LogP contribution in [0.5, 0.6) is 0 Å². The molecule has 0 unspecified atom stereocenters. The third kappa shape index (κ3) is 4.16. The number of anilines is 3. The Labute approximate surface area is 259 Å². The first-order valence-electron chi connectivity index (χ1n) is 15.4. The van der Waals surface area contributed by atoms with Gasteiger partial charge in [0.1, 0.15) is 0 Å². The average Bonchev–Trinajstić information content (AvgIpc) is 3.32. The van der Waals surface area contributed by atoms with Crippen molar-refractivity contribution in [1.82, 2.24) is 0 Å². The Morgan fingerprint density at radius 1 is 0.409 bits per heavy atom. The van der Waals surface area contributed by atoms with Gasteiger partial charge < -0.3 is 4.90 Å². The molecule has 0 spiro atoms. The molecule has 0 saturated carbocycles. The second kappa shape index (κ2) is 10.4. The van der Waals surface area contributed by atoms with Gasteiger partial charge >= 0.3 is 0 Å². The van der Waals surface area contributed by atoms with Gasteiger partial charge in [0.05, 0.1) is 11.4 Å². The van der Waals surface area contributed by atoms with Crippen LogP contribution in [0.25, 0.3) is 44.2 Å². The highest BCUT2D eigenvalue weighted by atomic mass is 15.1. The summed E-state index contributed by atoms with van der Waals surface area (Å²) >= 11 is 0. The minimum Gasteiger partial charge on any atom is -0.309 e. The van der Waals surface area contributed by atoms with E-state index in [0.717, 1.165) is 5.69 Å². The quantitative estimate of drug-likeness (QED) is 0.201. The lowest BCUT2D eigenvalue weighted by atomic mass is 9.82. The predicted molar refractivity (Wildman–Crippen MR) is 187 cm³/mol. The molecule has 0 N–H and O–H groups in total. The van der Waals surface area contributed by atoms with E-state index in [1.165, 1.54) is 66.7 Å². The molecule has 1 aliphatic carbocycles. The van der Waals surface area contributed by atoms with Crippen LogP contribution in [-0.2, 0) is 5.41 Å². The van der Waals surface area contributed by atoms with Gasteiger partial charge in [0.15, 0.2) is 0 Å². The summed E-state index contributed by atoms with van der Waals surface area (Å²) in [6.07, 6.45) is 0. The summed E-state index contributed by atoms with van der Waals surface area (Å²) < 4.78 is 0. The molecule has 0 fully saturated rings. The van der Waals surface area contributed by atoms with E-state index >= 15 is 0 Å². The van der Waals surface area contributed by atoms with Crippen LogP contribution in [-0.4, -0.2) is 0 Å². The number of hydrogen-bond donors (Lipinski definition) is 0. The third-order valence-corrected chi connectivity index (χ3v) is 9.28. The molecule has 0 radical (unpaired) electrons. The van der Waals surface area contributed by atoms with Gasteiger partial charge in [-0.2, -0.15) is 0 Å². The first-order chi connectivity index (χ1) is 21.6. The van der Waals surface area contributed by atoms with E-state index in [4.69, 9.17) is 0 Å². The zero-order valence-electron chi connectivity index (χ0n) is 25.0. The highest BCUT2D eigenvalue weighted by Gasteiger charge is 2.37. The maximum atomic E-state index is 2.46. The summed E-state index contributed by atoms with van der Waals surface area (Å²) in [6.45, 7) is 4.70. The minimum absolute atomic E-state index is 0.0721. The summed E-state index contributed by atoms with van der Waals surface area (Å²) in [7, 11) is 0. The van der Waals surface area contributed by atoms with Crippen LogP contribution in [0.2, 0.25) is 0 Å². The van der Waals surface area contributed by atoms with E-state index in [-0.39, 0.29) is 5.41 Å². The first-order valence-corrected chi connectivity index (χ1v) is 15.4. The molecule has 1 aliphatic rings. The van der Waals surface area contributed by atoms with E-state index < -0.39 is 0 Å². The normalized spacial score (nSPS) is 13.0. The van der Waals surface area contributed by atoms with E-state index in [9.17, 15) is 0 Å². The van der Waals surface area contributed by atoms with E-state index in [0.29, 0.717) is 0 Å². The molecule has 7 aromatic rings. The Balaban J connectivity index is 1.34. The topological polar surface area (TPSA) is 3.24 Å². The molecule has 0 bridgehead atoms. The SMILES string of the molecule is CC1(C)c2ccccc2-c2c(N(c3ccc(-c4ccccc4-c4ccccc4)cc3)c3cccc4ccccc34)cccc21. The van der Waals surface area contributed by atoms with E-state index in [1.54, 1.807) is 0 Å². The maximum absolute atomic E-state index is 2.46. The number of nitrogens with zero attached hydrogens (tertiary/aromatic N) is 1. The zero-order chi connectivity index (χ0) is 29.7. The Morgan fingerprint density at radius 2 is 0.955 bits per heavy atom. The Hall–Kier alpha value is -5.40. The van der Waals surface area contributed by atoms with Crippen LogP contribution < -0.4 is 4.90 Å². The van der Waals surface area contributed by atoms with Crippen molar-refractivity contribution in [1.29, 1.82) is 0 Å². The third-order valence-electron chi connectivity index (χ3n) is 9.28. The van der Waals surface area contributed by atoms with Gasteiger partial charge in [0.25, 0.3) is 0 Å². The summed E-state index contributed by atoms with van der Waals surface area (Å²) in [5, 5.41) is 2.47. The summed E-state index contributed by atoms with van der Waals surface area (Å²) in [5.41, 5.74) is 13.7. The second-order valence-corrected chi connectivity index (χ2v) is 12.2. The van der Waals surface area contributed by atoms with E-state index in [2.05, 4.69) is 183 Å². The highest BCUT2D eigenvalue weighted by molar-refractivity contribution is 6.02. The minimum atomic E-state index is -0.0721. The number of hydrogen-bond acceptors (Lipinski definition) is 1. The van der Waals surface area contributed by atoms with Crippen molar-refractivity contribution in [3.05, 3.63) is 175 Å². The molecule has 1 heteroatoms. The fraction of sp³-hybridized carbons (Fsp3) is 0.0698. The highest BCUT2D eigenvalue weighted by Crippen LogP contribution is 2.54. The lowest BCUT2D eigenvalue weighted by Gasteiger charge is -2.30. The Morgan fingerprint density at radius 3 is 1.73 bits per heavy atom. The number of fused-ring (bicyclic) bond motifs is 4. The molecule has 44 heavy (non-hydrogen) atoms. The van der Waals surface area contributed by atoms with Crippen LogP contribution in [0.4, 0.5) is 17.1 Å². The summed E-state index contributed by atoms with van der Waals surface area (Å²) in [4.78, 5) is 2.46. The molecule has 0 aliphatic heterocycles. The van der Waals surface area contributed by atoms with Gasteiger partial charge in [-0.25, -0.2) is 0 Å². The molecule has 210 valence electrons. The van der Waals surface area contributed by atoms with Gasteiger partial charge in [0.2, 0.25) is 0 Å². The second-order valence-electron chi connectivity index (χ2n) is 12.2. The van der Waals surface area contributed by atoms with Gasteiger partial charge in [-0.05, 0) is 68.6 Å². The number of benzene rings is 7. The van der Waals surface area contributed by atoms with E-state index in [1.807, 2.05) is 0 Å². The van der Waals surface area contributed by atoms with Crippen molar-refractivity contribution in [3.8, 4) is 33.4 Å².